The molecule has 6 rings (SSSR count). The molecule has 2 aromatic carbocycles. The number of benzene rings is 2. The van der Waals surface area contributed by atoms with E-state index in [1.54, 1.807) is 6.20 Å². The first-order valence-electron chi connectivity index (χ1n) is 13.8. The lowest BCUT2D eigenvalue weighted by Crippen LogP contribution is -2.43. The maximum absolute atomic E-state index is 13.1. The fourth-order valence-electron chi connectivity index (χ4n) is 5.30. The molecule has 2 saturated heterocycles. The summed E-state index contributed by atoms with van der Waals surface area (Å²) in [6, 6.07) is 18.6. The number of amides is 1. The Balaban J connectivity index is 1.23. The minimum absolute atomic E-state index is 0.290. The van der Waals surface area contributed by atoms with Crippen molar-refractivity contribution >= 4 is 40.6 Å². The van der Waals surface area contributed by atoms with Gasteiger partial charge in [-0.15, -0.1) is 0 Å². The predicted molar refractivity (Wildman–Crippen MR) is 158 cm³/mol. The van der Waals surface area contributed by atoms with Crippen molar-refractivity contribution in [3.8, 4) is 0 Å². The number of nitrogens with one attached hydrogen (secondary N) is 4. The lowest BCUT2D eigenvalue weighted by Gasteiger charge is -2.31. The van der Waals surface area contributed by atoms with Crippen LogP contribution in [0.25, 0.3) is 0 Å². The summed E-state index contributed by atoms with van der Waals surface area (Å²) in [6.45, 7) is 4.46. The number of pyridine rings is 1. The average molecular weight is 553 g/mol. The standard InChI is InChI=1S/C30H32N8O3/c31-27(26-24(38-14-16-40-17-15-38)18-21(19-33-26)37-12-6-7-13-37)41-30(32)36-28-29(39)34-23-11-5-4-10-22(23)25(35-28)20-8-2-1-3-9-20/h1-5,8-11,18-19,28,31H,6-7,12-17H2,(H2,32,36)(H,34,39). The molecule has 1 atom stereocenters. The molecule has 210 valence electrons. The van der Waals surface area contributed by atoms with Gasteiger partial charge >= 0.3 is 0 Å². The Hall–Kier alpha value is -4.77. The van der Waals surface area contributed by atoms with Crippen LogP contribution in [-0.4, -0.2) is 74.1 Å². The number of hydrogen-bond donors (Lipinski definition) is 4. The van der Waals surface area contributed by atoms with Gasteiger partial charge in [0.05, 0.1) is 42.2 Å². The number of morpholine rings is 1. The second-order valence-corrected chi connectivity index (χ2v) is 10.0. The maximum atomic E-state index is 13.1. The molecule has 0 aliphatic carbocycles. The Kier molecular flexibility index (Phi) is 7.59. The van der Waals surface area contributed by atoms with Crippen molar-refractivity contribution in [2.45, 2.75) is 19.0 Å². The van der Waals surface area contributed by atoms with Crippen LogP contribution in [0.15, 0.2) is 71.9 Å². The van der Waals surface area contributed by atoms with E-state index in [-0.39, 0.29) is 5.90 Å². The lowest BCUT2D eigenvalue weighted by molar-refractivity contribution is -0.117. The summed E-state index contributed by atoms with van der Waals surface area (Å²) >= 11 is 0. The van der Waals surface area contributed by atoms with Crippen LogP contribution < -0.4 is 20.4 Å². The number of amidine groups is 1. The number of aromatic nitrogens is 1. The van der Waals surface area contributed by atoms with E-state index < -0.39 is 18.1 Å². The fraction of sp³-hybridized carbons (Fsp3) is 0.300. The molecule has 3 aromatic rings. The number of anilines is 3. The molecule has 4 heterocycles. The van der Waals surface area contributed by atoms with E-state index >= 15 is 0 Å². The van der Waals surface area contributed by atoms with Gasteiger partial charge in [-0.2, -0.15) is 0 Å². The number of para-hydroxylation sites is 1. The first kappa shape index (κ1) is 26.5. The van der Waals surface area contributed by atoms with E-state index in [2.05, 4.69) is 25.4 Å². The summed E-state index contributed by atoms with van der Waals surface area (Å²) in [6.07, 6.45) is 2.89. The Bertz CT molecular complexity index is 1480. The van der Waals surface area contributed by atoms with Crippen LogP contribution in [0.3, 0.4) is 0 Å². The second kappa shape index (κ2) is 11.8. The van der Waals surface area contributed by atoms with Gasteiger partial charge in [-0.1, -0.05) is 48.5 Å². The van der Waals surface area contributed by atoms with Crippen molar-refractivity contribution in [2.75, 3.05) is 54.5 Å². The maximum Gasteiger partial charge on any atom is 0.290 e. The number of aliphatic imine (C=N–C) groups is 1. The largest absolute Gasteiger partial charge is 0.405 e. The normalized spacial score (nSPS) is 18.6. The van der Waals surface area contributed by atoms with E-state index in [4.69, 9.17) is 25.3 Å². The average Bonchev–Trinajstić information content (AvgIpc) is 3.51. The number of carbonyl (C=O) groups is 1. The van der Waals surface area contributed by atoms with Crippen LogP contribution in [0.5, 0.6) is 0 Å². The molecule has 1 unspecified atom stereocenters. The van der Waals surface area contributed by atoms with Crippen LogP contribution in [0.2, 0.25) is 0 Å². The smallest absolute Gasteiger partial charge is 0.290 e. The van der Waals surface area contributed by atoms with Crippen LogP contribution in [0, 0.1) is 10.8 Å². The number of rotatable bonds is 5. The number of ether oxygens (including phenoxy) is 2. The summed E-state index contributed by atoms with van der Waals surface area (Å²) in [7, 11) is 0. The number of nitrogens with zero attached hydrogens (tertiary/aromatic N) is 4. The predicted octanol–water partition coefficient (Wildman–Crippen LogP) is 3.20. The number of benzodiazepines with no additional fused rings is 1. The van der Waals surface area contributed by atoms with Gasteiger partial charge < -0.3 is 29.9 Å². The lowest BCUT2D eigenvalue weighted by atomic mass is 10.0. The Morgan fingerprint density at radius 2 is 1.71 bits per heavy atom. The van der Waals surface area contributed by atoms with E-state index in [9.17, 15) is 4.79 Å². The van der Waals surface area contributed by atoms with Crippen molar-refractivity contribution in [3.05, 3.63) is 83.7 Å². The molecule has 41 heavy (non-hydrogen) atoms. The van der Waals surface area contributed by atoms with Crippen molar-refractivity contribution in [1.82, 2.24) is 10.3 Å². The van der Waals surface area contributed by atoms with Crippen LogP contribution in [-0.2, 0) is 14.3 Å². The molecule has 0 spiro atoms. The summed E-state index contributed by atoms with van der Waals surface area (Å²) in [5.41, 5.74) is 4.94. The molecule has 3 aliphatic rings. The van der Waals surface area contributed by atoms with Gasteiger partial charge in [0.1, 0.15) is 5.69 Å². The Morgan fingerprint density at radius 3 is 2.49 bits per heavy atom. The van der Waals surface area contributed by atoms with Gasteiger partial charge in [-0.3, -0.25) is 15.6 Å². The topological polar surface area (TPSA) is 139 Å². The van der Waals surface area contributed by atoms with E-state index in [1.807, 2.05) is 60.7 Å². The molecule has 1 aromatic heterocycles. The van der Waals surface area contributed by atoms with Crippen molar-refractivity contribution < 1.29 is 14.3 Å². The zero-order valence-electron chi connectivity index (χ0n) is 22.6. The van der Waals surface area contributed by atoms with Gasteiger partial charge in [0.2, 0.25) is 12.1 Å². The highest BCUT2D eigenvalue weighted by Crippen LogP contribution is 2.29. The third-order valence-electron chi connectivity index (χ3n) is 7.36. The molecule has 0 bridgehead atoms. The van der Waals surface area contributed by atoms with Crippen LogP contribution in [0.1, 0.15) is 29.7 Å². The van der Waals surface area contributed by atoms with Crippen molar-refractivity contribution in [1.29, 1.82) is 10.8 Å². The van der Waals surface area contributed by atoms with Crippen molar-refractivity contribution in [3.63, 3.8) is 0 Å². The summed E-state index contributed by atoms with van der Waals surface area (Å²) in [4.78, 5) is 26.9. The zero-order valence-corrected chi connectivity index (χ0v) is 22.6. The minimum Gasteiger partial charge on any atom is -0.405 e. The Morgan fingerprint density at radius 1 is 0.976 bits per heavy atom. The third-order valence-corrected chi connectivity index (χ3v) is 7.36. The molecular weight excluding hydrogens is 520 g/mol. The van der Waals surface area contributed by atoms with Gasteiger partial charge in [-0.25, -0.2) is 9.98 Å². The SMILES string of the molecule is N=C(NC1N=C(c2ccccc2)c2ccccc2NC1=O)OC(=N)c1ncc(N2CCCC2)cc1N1CCOCC1. The van der Waals surface area contributed by atoms with Gasteiger partial charge in [0, 0.05) is 37.3 Å². The highest BCUT2D eigenvalue weighted by molar-refractivity contribution is 6.19. The van der Waals surface area contributed by atoms with E-state index in [1.165, 1.54) is 0 Å². The molecule has 4 N–H and O–H groups in total. The first-order chi connectivity index (χ1) is 20.1. The van der Waals surface area contributed by atoms with Crippen LogP contribution in [0.4, 0.5) is 17.1 Å². The first-order valence-corrected chi connectivity index (χ1v) is 13.8. The minimum atomic E-state index is -1.15. The molecule has 11 nitrogen and oxygen atoms in total. The highest BCUT2D eigenvalue weighted by Gasteiger charge is 2.28. The van der Waals surface area contributed by atoms with Gasteiger partial charge in [0.25, 0.3) is 11.9 Å². The number of hydrogen-bond acceptors (Lipinski definition) is 9. The molecule has 0 radical (unpaired) electrons. The Labute approximate surface area is 238 Å². The van der Waals surface area contributed by atoms with Gasteiger partial charge in [-0.05, 0) is 25.0 Å². The second-order valence-electron chi connectivity index (χ2n) is 10.0. The third kappa shape index (κ3) is 5.75. The summed E-state index contributed by atoms with van der Waals surface area (Å²) < 4.78 is 11.1. The molecule has 3 aliphatic heterocycles. The molecule has 11 heteroatoms. The summed E-state index contributed by atoms with van der Waals surface area (Å²) in [5, 5.41) is 22.9. The molecule has 0 saturated carbocycles. The van der Waals surface area contributed by atoms with Crippen LogP contribution >= 0.6 is 0 Å². The fourth-order valence-corrected chi connectivity index (χ4v) is 5.30. The number of carbonyl (C=O) groups excluding carboxylic acids is 1. The number of fused-ring (bicyclic) bond motifs is 1. The van der Waals surface area contributed by atoms with E-state index in [0.29, 0.717) is 43.4 Å². The molecule has 1 amide bonds. The highest BCUT2D eigenvalue weighted by atomic mass is 16.5. The van der Waals surface area contributed by atoms with Crippen molar-refractivity contribution in [2.24, 2.45) is 4.99 Å². The van der Waals surface area contributed by atoms with Gasteiger partial charge in [0.15, 0.2) is 0 Å². The molecule has 2 fully saturated rings. The zero-order chi connectivity index (χ0) is 28.2. The van der Waals surface area contributed by atoms with E-state index in [0.717, 1.165) is 48.4 Å². The monoisotopic (exact) mass is 552 g/mol. The molecular formula is C30H32N8O3. The quantitative estimate of drug-likeness (QED) is 0.282. The summed E-state index contributed by atoms with van der Waals surface area (Å²) in [5.74, 6) is -0.730.